The summed E-state index contributed by atoms with van der Waals surface area (Å²) in [6.07, 6.45) is 0.122. The van der Waals surface area contributed by atoms with Gasteiger partial charge in [0.25, 0.3) is 15.9 Å². The van der Waals surface area contributed by atoms with Crippen molar-refractivity contribution in [1.82, 2.24) is 0 Å². The summed E-state index contributed by atoms with van der Waals surface area (Å²) in [6.45, 7) is 0. The molecule has 0 saturated heterocycles. The molecule has 190 valence electrons. The van der Waals surface area contributed by atoms with Gasteiger partial charge in [0.15, 0.2) is 0 Å². The van der Waals surface area contributed by atoms with Crippen LogP contribution in [0.5, 0.6) is 0 Å². The number of anilines is 3. The number of amides is 2. The molecule has 1 aliphatic heterocycles. The van der Waals surface area contributed by atoms with Crippen molar-refractivity contribution in [3.05, 3.63) is 120 Å². The van der Waals surface area contributed by atoms with Crippen LogP contribution in [0, 0.1) is 0 Å². The van der Waals surface area contributed by atoms with Gasteiger partial charge in [-0.2, -0.15) is 0 Å². The normalized spacial score (nSPS) is 13.8. The van der Waals surface area contributed by atoms with Crippen LogP contribution in [0.1, 0.15) is 16.7 Å². The monoisotopic (exact) mass is 524 g/mol. The number of carbonyl (C=O) groups excluding carboxylic acids is 2. The molecule has 1 heterocycles. The van der Waals surface area contributed by atoms with Crippen molar-refractivity contribution in [3.63, 3.8) is 0 Å². The summed E-state index contributed by atoms with van der Waals surface area (Å²) in [5.74, 6) is -0.785. The molecule has 9 heteroatoms. The largest absolute Gasteiger partial charge is 0.369 e. The number of sulfonamides is 1. The first kappa shape index (κ1) is 24.8. The maximum Gasteiger partial charge on any atom is 0.261 e. The van der Waals surface area contributed by atoms with Gasteiger partial charge in [-0.15, -0.1) is 0 Å². The number of hydrogen-bond acceptors (Lipinski definition) is 5. The Kier molecular flexibility index (Phi) is 6.68. The van der Waals surface area contributed by atoms with E-state index in [1.54, 1.807) is 60.7 Å². The number of benzene rings is 4. The first-order valence-electron chi connectivity index (χ1n) is 11.8. The predicted octanol–water partition coefficient (Wildman–Crippen LogP) is 4.45. The molecule has 38 heavy (non-hydrogen) atoms. The van der Waals surface area contributed by atoms with E-state index in [0.29, 0.717) is 33.9 Å². The first-order chi connectivity index (χ1) is 18.3. The highest BCUT2D eigenvalue weighted by atomic mass is 32.2. The second-order valence-corrected chi connectivity index (χ2v) is 10.4. The molecule has 4 aromatic rings. The average Bonchev–Trinajstić information content (AvgIpc) is 3.23. The van der Waals surface area contributed by atoms with Gasteiger partial charge in [0.05, 0.1) is 22.6 Å². The second-order valence-electron chi connectivity index (χ2n) is 8.71. The average molecular weight is 525 g/mol. The Balaban J connectivity index is 1.58. The van der Waals surface area contributed by atoms with E-state index < -0.39 is 15.9 Å². The standard InChI is InChI=1S/C29H24N4O4S/c30-26(34)17-19-11-13-21(14-12-19)31-28(20-7-3-1-4-8-20)27-24-18-23(15-16-25(24)32-29(27)35)38(36,37)33-22-9-5-2-6-10-22/h1-16,18,31,33H,17H2,(H2,30,34)(H,32,35)/b28-27-. The molecule has 0 radical (unpaired) electrons. The van der Waals surface area contributed by atoms with Crippen molar-refractivity contribution < 1.29 is 18.0 Å². The Bertz CT molecular complexity index is 1650. The molecule has 4 aromatic carbocycles. The molecule has 0 spiro atoms. The fourth-order valence-electron chi connectivity index (χ4n) is 4.22. The number of nitrogens with two attached hydrogens (primary N) is 1. The molecule has 2 amide bonds. The predicted molar refractivity (Wildman–Crippen MR) is 149 cm³/mol. The third-order valence-electron chi connectivity index (χ3n) is 5.99. The molecule has 0 aromatic heterocycles. The van der Waals surface area contributed by atoms with Crippen LogP contribution >= 0.6 is 0 Å². The Morgan fingerprint density at radius 3 is 2.13 bits per heavy atom. The van der Waals surface area contributed by atoms with Gasteiger partial charge in [0.2, 0.25) is 5.91 Å². The van der Waals surface area contributed by atoms with Crippen LogP contribution in [0.4, 0.5) is 17.1 Å². The highest BCUT2D eigenvalue weighted by Gasteiger charge is 2.30. The SMILES string of the molecule is NC(=O)Cc1ccc(N/C(=C2\C(=O)Nc3ccc(S(=O)(=O)Nc4ccccc4)cc32)c2ccccc2)cc1. The van der Waals surface area contributed by atoms with Crippen LogP contribution in [-0.2, 0) is 26.0 Å². The van der Waals surface area contributed by atoms with Crippen LogP contribution in [0.15, 0.2) is 108 Å². The van der Waals surface area contributed by atoms with Gasteiger partial charge in [-0.25, -0.2) is 8.42 Å². The molecular formula is C29H24N4O4S. The van der Waals surface area contributed by atoms with E-state index in [-0.39, 0.29) is 17.2 Å². The van der Waals surface area contributed by atoms with Crippen LogP contribution in [0.2, 0.25) is 0 Å². The zero-order valence-corrected chi connectivity index (χ0v) is 21.0. The van der Waals surface area contributed by atoms with Crippen molar-refractivity contribution in [2.75, 3.05) is 15.4 Å². The molecule has 1 aliphatic rings. The van der Waals surface area contributed by atoms with Crippen molar-refractivity contribution in [1.29, 1.82) is 0 Å². The van der Waals surface area contributed by atoms with Crippen molar-refractivity contribution in [3.8, 4) is 0 Å². The minimum absolute atomic E-state index is 0.0253. The van der Waals surface area contributed by atoms with E-state index in [2.05, 4.69) is 15.4 Å². The fraction of sp³-hybridized carbons (Fsp3) is 0.0345. The molecule has 0 bridgehead atoms. The second kappa shape index (κ2) is 10.2. The minimum Gasteiger partial charge on any atom is -0.369 e. The van der Waals surface area contributed by atoms with Crippen LogP contribution < -0.4 is 21.1 Å². The van der Waals surface area contributed by atoms with Crippen molar-refractivity contribution in [2.24, 2.45) is 5.73 Å². The third kappa shape index (κ3) is 5.28. The molecular weight excluding hydrogens is 500 g/mol. The van der Waals surface area contributed by atoms with Gasteiger partial charge in [-0.3, -0.25) is 14.3 Å². The summed E-state index contributed by atoms with van der Waals surface area (Å²) in [4.78, 5) is 24.5. The number of rotatable bonds is 8. The van der Waals surface area contributed by atoms with Crippen molar-refractivity contribution >= 4 is 50.2 Å². The Hall–Kier alpha value is -4.89. The van der Waals surface area contributed by atoms with E-state index in [9.17, 15) is 18.0 Å². The smallest absolute Gasteiger partial charge is 0.261 e. The lowest BCUT2D eigenvalue weighted by molar-refractivity contribution is -0.117. The zero-order chi connectivity index (χ0) is 26.7. The third-order valence-corrected chi connectivity index (χ3v) is 7.36. The quantitative estimate of drug-likeness (QED) is 0.253. The summed E-state index contributed by atoms with van der Waals surface area (Å²) < 4.78 is 28.9. The molecule has 8 nitrogen and oxygen atoms in total. The zero-order valence-electron chi connectivity index (χ0n) is 20.1. The van der Waals surface area contributed by atoms with Crippen LogP contribution in [0.25, 0.3) is 11.3 Å². The van der Waals surface area contributed by atoms with Gasteiger partial charge in [0, 0.05) is 22.6 Å². The summed E-state index contributed by atoms with van der Waals surface area (Å²) >= 11 is 0. The molecule has 5 rings (SSSR count). The Morgan fingerprint density at radius 2 is 1.47 bits per heavy atom. The van der Waals surface area contributed by atoms with E-state index >= 15 is 0 Å². The molecule has 5 N–H and O–H groups in total. The van der Waals surface area contributed by atoms with Gasteiger partial charge in [-0.05, 0) is 53.6 Å². The number of para-hydroxylation sites is 1. The molecule has 0 atom stereocenters. The van der Waals surface area contributed by atoms with Crippen molar-refractivity contribution in [2.45, 2.75) is 11.3 Å². The van der Waals surface area contributed by atoms with Gasteiger partial charge >= 0.3 is 0 Å². The topological polar surface area (TPSA) is 130 Å². The lowest BCUT2D eigenvalue weighted by Crippen LogP contribution is -2.13. The lowest BCUT2D eigenvalue weighted by atomic mass is 10.00. The summed E-state index contributed by atoms with van der Waals surface area (Å²) in [6, 6.07) is 29.6. The summed E-state index contributed by atoms with van der Waals surface area (Å²) in [5, 5.41) is 6.16. The number of carbonyl (C=O) groups is 2. The van der Waals surface area contributed by atoms with E-state index in [0.717, 1.165) is 11.1 Å². The Morgan fingerprint density at radius 1 is 0.816 bits per heavy atom. The fourth-order valence-corrected chi connectivity index (χ4v) is 5.30. The maximum absolute atomic E-state index is 13.2. The van der Waals surface area contributed by atoms with Gasteiger partial charge in [0.1, 0.15) is 0 Å². The minimum atomic E-state index is -3.91. The number of nitrogens with one attached hydrogen (secondary N) is 3. The first-order valence-corrected chi connectivity index (χ1v) is 13.3. The summed E-state index contributed by atoms with van der Waals surface area (Å²) in [5.41, 5.74) is 9.70. The van der Waals surface area contributed by atoms with Gasteiger partial charge < -0.3 is 16.4 Å². The molecule has 0 saturated carbocycles. The maximum atomic E-state index is 13.2. The lowest BCUT2D eigenvalue weighted by Gasteiger charge is -2.15. The highest BCUT2D eigenvalue weighted by molar-refractivity contribution is 7.92. The number of hydrogen-bond donors (Lipinski definition) is 4. The van der Waals surface area contributed by atoms with E-state index in [1.807, 2.05) is 30.3 Å². The van der Waals surface area contributed by atoms with E-state index in [4.69, 9.17) is 5.73 Å². The highest BCUT2D eigenvalue weighted by Crippen LogP contribution is 2.39. The van der Waals surface area contributed by atoms with Gasteiger partial charge in [-0.1, -0.05) is 60.7 Å². The van der Waals surface area contributed by atoms with Crippen LogP contribution in [-0.4, -0.2) is 20.2 Å². The Labute approximate surface area is 220 Å². The number of fused-ring (bicyclic) bond motifs is 1. The molecule has 0 fully saturated rings. The van der Waals surface area contributed by atoms with E-state index in [1.165, 1.54) is 12.1 Å². The molecule has 0 unspecified atom stereocenters. The summed E-state index contributed by atoms with van der Waals surface area (Å²) in [7, 11) is -3.91. The molecule has 0 aliphatic carbocycles. The van der Waals surface area contributed by atoms with Crippen LogP contribution in [0.3, 0.4) is 0 Å². The number of primary amides is 1.